The summed E-state index contributed by atoms with van der Waals surface area (Å²) in [6.07, 6.45) is 11.7. The van der Waals surface area contributed by atoms with E-state index in [2.05, 4.69) is 14.9 Å². The van der Waals surface area contributed by atoms with Crippen molar-refractivity contribution in [3.8, 4) is 5.88 Å². The van der Waals surface area contributed by atoms with E-state index in [1.165, 1.54) is 19.3 Å². The Morgan fingerprint density at radius 1 is 1.08 bits per heavy atom. The lowest BCUT2D eigenvalue weighted by atomic mass is 9.90. The van der Waals surface area contributed by atoms with E-state index >= 15 is 0 Å². The highest BCUT2D eigenvalue weighted by molar-refractivity contribution is 6.14. The van der Waals surface area contributed by atoms with Gasteiger partial charge in [-0.05, 0) is 43.9 Å². The summed E-state index contributed by atoms with van der Waals surface area (Å²) in [5, 5.41) is 0. The average molecular weight is 325 g/mol. The van der Waals surface area contributed by atoms with Crippen molar-refractivity contribution < 1.29 is 9.53 Å². The van der Waals surface area contributed by atoms with Gasteiger partial charge < -0.3 is 9.64 Å². The van der Waals surface area contributed by atoms with Crippen LogP contribution in [0.3, 0.4) is 0 Å². The van der Waals surface area contributed by atoms with E-state index < -0.39 is 0 Å². The number of ketones is 1. The Balaban J connectivity index is 1.31. The first-order chi connectivity index (χ1) is 11.8. The number of pyridine rings is 1. The minimum absolute atomic E-state index is 0.0416. The molecule has 0 radical (unpaired) electrons. The van der Waals surface area contributed by atoms with Crippen LogP contribution in [0.25, 0.3) is 0 Å². The fourth-order valence-corrected chi connectivity index (χ4v) is 3.51. The topological polar surface area (TPSA) is 54.8 Å². The van der Waals surface area contributed by atoms with Gasteiger partial charge in [-0.2, -0.15) is 0 Å². The Bertz CT molecular complexity index is 654. The van der Waals surface area contributed by atoms with Crippen molar-refractivity contribution in [1.82, 2.24) is 9.88 Å². The maximum Gasteiger partial charge on any atom is 0.213 e. The molecule has 5 heteroatoms. The second-order valence-corrected chi connectivity index (χ2v) is 6.82. The Hall–Kier alpha value is -2.01. The summed E-state index contributed by atoms with van der Waals surface area (Å²) in [5.74, 6) is 0.720. The van der Waals surface area contributed by atoms with Gasteiger partial charge in [0.15, 0.2) is 5.78 Å². The van der Waals surface area contributed by atoms with Crippen molar-refractivity contribution in [3.63, 3.8) is 0 Å². The predicted octanol–water partition coefficient (Wildman–Crippen LogP) is 2.41. The summed E-state index contributed by atoms with van der Waals surface area (Å²) >= 11 is 0. The van der Waals surface area contributed by atoms with Crippen LogP contribution in [-0.2, 0) is 4.79 Å². The van der Waals surface area contributed by atoms with Gasteiger partial charge in [0.1, 0.15) is 12.6 Å². The monoisotopic (exact) mass is 325 g/mol. The Morgan fingerprint density at radius 2 is 1.92 bits per heavy atom. The van der Waals surface area contributed by atoms with E-state index in [1.54, 1.807) is 18.3 Å². The van der Waals surface area contributed by atoms with Gasteiger partial charge in [-0.25, -0.2) is 4.98 Å². The van der Waals surface area contributed by atoms with E-state index in [-0.39, 0.29) is 18.4 Å². The third-order valence-electron chi connectivity index (χ3n) is 5.22. The SMILES string of the molecule is O=C1C=CC(c2ccc(OC3CCN(C4CCC4)CC3)nc2)=NC1. The van der Waals surface area contributed by atoms with E-state index in [4.69, 9.17) is 4.74 Å². The molecule has 24 heavy (non-hydrogen) atoms. The number of piperidine rings is 1. The van der Waals surface area contributed by atoms with Crippen LogP contribution >= 0.6 is 0 Å². The molecule has 3 heterocycles. The van der Waals surface area contributed by atoms with Gasteiger partial charge in [0.2, 0.25) is 5.88 Å². The van der Waals surface area contributed by atoms with Crippen LogP contribution in [0.5, 0.6) is 5.88 Å². The number of aromatic nitrogens is 1. The van der Waals surface area contributed by atoms with Crippen LogP contribution in [0, 0.1) is 0 Å². The predicted molar refractivity (Wildman–Crippen MR) is 92.7 cm³/mol. The molecule has 0 bridgehead atoms. The smallest absolute Gasteiger partial charge is 0.213 e. The van der Waals surface area contributed by atoms with Crippen LogP contribution in [-0.4, -0.2) is 53.2 Å². The van der Waals surface area contributed by atoms with Crippen molar-refractivity contribution in [3.05, 3.63) is 36.0 Å². The molecule has 1 saturated heterocycles. The molecule has 1 aromatic heterocycles. The molecule has 0 N–H and O–H groups in total. The molecular formula is C19H23N3O2. The molecule has 0 unspecified atom stereocenters. The summed E-state index contributed by atoms with van der Waals surface area (Å²) in [4.78, 5) is 22.5. The lowest BCUT2D eigenvalue weighted by Crippen LogP contribution is -2.46. The molecule has 0 aromatic carbocycles. The van der Waals surface area contributed by atoms with Gasteiger partial charge in [-0.3, -0.25) is 9.79 Å². The molecule has 2 aliphatic heterocycles. The molecule has 1 aromatic rings. The lowest BCUT2D eigenvalue weighted by Gasteiger charge is -2.41. The highest BCUT2D eigenvalue weighted by atomic mass is 16.5. The lowest BCUT2D eigenvalue weighted by molar-refractivity contribution is -0.113. The number of hydrogen-bond donors (Lipinski definition) is 0. The van der Waals surface area contributed by atoms with E-state index in [0.29, 0.717) is 5.88 Å². The highest BCUT2D eigenvalue weighted by Crippen LogP contribution is 2.28. The molecule has 0 atom stereocenters. The zero-order chi connectivity index (χ0) is 16.4. The van der Waals surface area contributed by atoms with Crippen molar-refractivity contribution in [2.45, 2.75) is 44.2 Å². The molecule has 126 valence electrons. The first-order valence-electron chi connectivity index (χ1n) is 8.90. The number of ether oxygens (including phenoxy) is 1. The summed E-state index contributed by atoms with van der Waals surface area (Å²) in [6.45, 7) is 2.51. The molecule has 3 aliphatic rings. The number of nitrogens with zero attached hydrogens (tertiary/aromatic N) is 3. The third-order valence-corrected chi connectivity index (χ3v) is 5.22. The van der Waals surface area contributed by atoms with Crippen LogP contribution in [0.4, 0.5) is 0 Å². The summed E-state index contributed by atoms with van der Waals surface area (Å²) in [7, 11) is 0. The number of dihydropyridines is 1. The summed E-state index contributed by atoms with van der Waals surface area (Å²) in [6, 6.07) is 4.70. The maximum atomic E-state index is 11.2. The zero-order valence-corrected chi connectivity index (χ0v) is 13.9. The molecule has 0 spiro atoms. The number of aliphatic imine (C=N–C) groups is 1. The van der Waals surface area contributed by atoms with Gasteiger partial charge in [-0.1, -0.05) is 6.42 Å². The van der Waals surface area contributed by atoms with Crippen molar-refractivity contribution in [2.24, 2.45) is 4.99 Å². The Morgan fingerprint density at radius 3 is 2.50 bits per heavy atom. The van der Waals surface area contributed by atoms with E-state index in [0.717, 1.165) is 43.2 Å². The van der Waals surface area contributed by atoms with Gasteiger partial charge in [0.05, 0.1) is 5.71 Å². The minimum atomic E-state index is 0.0416. The van der Waals surface area contributed by atoms with Gasteiger partial charge in [-0.15, -0.1) is 0 Å². The number of hydrogen-bond acceptors (Lipinski definition) is 5. The fraction of sp³-hybridized carbons (Fsp3) is 0.526. The fourth-order valence-electron chi connectivity index (χ4n) is 3.51. The highest BCUT2D eigenvalue weighted by Gasteiger charge is 2.29. The Labute approximate surface area is 142 Å². The maximum absolute atomic E-state index is 11.2. The quantitative estimate of drug-likeness (QED) is 0.853. The van der Waals surface area contributed by atoms with Crippen LogP contribution in [0.15, 0.2) is 35.5 Å². The molecule has 0 amide bonds. The van der Waals surface area contributed by atoms with Crippen molar-refractivity contribution >= 4 is 11.5 Å². The van der Waals surface area contributed by atoms with Crippen molar-refractivity contribution in [2.75, 3.05) is 19.6 Å². The largest absolute Gasteiger partial charge is 0.474 e. The average Bonchev–Trinajstić information content (AvgIpc) is 2.57. The number of carbonyl (C=O) groups excluding carboxylic acids is 1. The normalized spacial score (nSPS) is 23.0. The first kappa shape index (κ1) is 15.5. The molecule has 2 fully saturated rings. The molecule has 1 saturated carbocycles. The first-order valence-corrected chi connectivity index (χ1v) is 8.90. The van der Waals surface area contributed by atoms with Crippen LogP contribution in [0.2, 0.25) is 0 Å². The third kappa shape index (κ3) is 3.41. The van der Waals surface area contributed by atoms with Gasteiger partial charge >= 0.3 is 0 Å². The molecule has 4 rings (SSSR count). The number of allylic oxidation sites excluding steroid dienone is 1. The zero-order valence-electron chi connectivity index (χ0n) is 13.9. The number of likely N-dealkylation sites (tertiary alicyclic amines) is 1. The van der Waals surface area contributed by atoms with Crippen LogP contribution in [0.1, 0.15) is 37.7 Å². The second kappa shape index (κ2) is 6.85. The second-order valence-electron chi connectivity index (χ2n) is 6.82. The summed E-state index contributed by atoms with van der Waals surface area (Å²) in [5.41, 5.74) is 1.73. The van der Waals surface area contributed by atoms with E-state index in [9.17, 15) is 4.79 Å². The Kier molecular flexibility index (Phi) is 4.43. The number of rotatable bonds is 4. The van der Waals surface area contributed by atoms with Crippen LogP contribution < -0.4 is 4.74 Å². The minimum Gasteiger partial charge on any atom is -0.474 e. The van der Waals surface area contributed by atoms with Crippen molar-refractivity contribution in [1.29, 1.82) is 0 Å². The standard InChI is InChI=1S/C19H23N3O2/c23-16-5-6-18(20-13-16)14-4-7-19(21-12-14)24-17-8-10-22(11-9-17)15-2-1-3-15/h4-7,12,15,17H,1-3,8-11,13H2. The van der Waals surface area contributed by atoms with Gasteiger partial charge in [0.25, 0.3) is 0 Å². The van der Waals surface area contributed by atoms with E-state index in [1.807, 2.05) is 12.1 Å². The molecule has 5 nitrogen and oxygen atoms in total. The van der Waals surface area contributed by atoms with Gasteiger partial charge in [0, 0.05) is 37.0 Å². The number of carbonyl (C=O) groups is 1. The molecular weight excluding hydrogens is 302 g/mol. The summed E-state index contributed by atoms with van der Waals surface area (Å²) < 4.78 is 6.04. The molecule has 1 aliphatic carbocycles.